The molecule has 1 heterocycles. The van der Waals surface area contributed by atoms with Gasteiger partial charge in [-0.25, -0.2) is 0 Å². The summed E-state index contributed by atoms with van der Waals surface area (Å²) < 4.78 is 78.4. The van der Waals surface area contributed by atoms with Crippen molar-refractivity contribution in [2.75, 3.05) is 11.4 Å². The van der Waals surface area contributed by atoms with Crippen LogP contribution in [-0.4, -0.2) is 30.2 Å². The van der Waals surface area contributed by atoms with Gasteiger partial charge in [0.15, 0.2) is 0 Å². The van der Waals surface area contributed by atoms with Gasteiger partial charge < -0.3 is 21.1 Å². The van der Waals surface area contributed by atoms with Crippen LogP contribution >= 0.6 is 0 Å². The summed E-state index contributed by atoms with van der Waals surface area (Å²) in [7, 11) is 0. The second-order valence-electron chi connectivity index (χ2n) is 7.54. The number of allylic oxidation sites excluding steroid dienone is 1. The third-order valence-electron chi connectivity index (χ3n) is 5.53. The van der Waals surface area contributed by atoms with Crippen LogP contribution in [0.3, 0.4) is 0 Å². The molecule has 10 heteroatoms. The Morgan fingerprint density at radius 1 is 1.03 bits per heavy atom. The van der Waals surface area contributed by atoms with E-state index in [1.165, 1.54) is 6.20 Å². The molecule has 0 aromatic heterocycles. The molecule has 0 amide bonds. The Balaban J connectivity index is 1.87. The van der Waals surface area contributed by atoms with E-state index in [1.807, 2.05) is 17.0 Å². The predicted molar refractivity (Wildman–Crippen MR) is 109 cm³/mol. The van der Waals surface area contributed by atoms with Crippen LogP contribution in [0.25, 0.3) is 5.57 Å². The Morgan fingerprint density at radius 2 is 1.66 bits per heavy atom. The van der Waals surface area contributed by atoms with E-state index in [9.17, 15) is 31.4 Å². The van der Waals surface area contributed by atoms with Crippen molar-refractivity contribution in [2.24, 2.45) is 5.73 Å². The summed E-state index contributed by atoms with van der Waals surface area (Å²) in [6, 6.07) is 9.21. The van der Waals surface area contributed by atoms with E-state index >= 15 is 0 Å². The third-order valence-corrected chi connectivity index (χ3v) is 5.53. The molecule has 2 aromatic carbocycles. The topological polar surface area (TPSA) is 73.3 Å². The zero-order valence-electron chi connectivity index (χ0n) is 16.8. The fourth-order valence-corrected chi connectivity index (χ4v) is 3.81. The lowest BCUT2D eigenvalue weighted by molar-refractivity contribution is -0.376. The van der Waals surface area contributed by atoms with Gasteiger partial charge in [0.05, 0.1) is 0 Å². The van der Waals surface area contributed by atoms with Crippen molar-refractivity contribution in [3.05, 3.63) is 70.9 Å². The summed E-state index contributed by atoms with van der Waals surface area (Å²) in [5, 5.41) is 16.9. The van der Waals surface area contributed by atoms with Crippen LogP contribution in [0.5, 0.6) is 0 Å². The molecule has 0 atom stereocenters. The van der Waals surface area contributed by atoms with Crippen molar-refractivity contribution in [3.8, 4) is 0 Å². The summed E-state index contributed by atoms with van der Waals surface area (Å²) in [5.74, 6) is 0. The lowest BCUT2D eigenvalue weighted by Gasteiger charge is -2.33. The largest absolute Gasteiger partial charge is 0.430 e. The zero-order chi connectivity index (χ0) is 23.7. The standard InChI is InChI=1S/C22H21F6N3O/c23-21(24,25)20(32,22(26,27)28)18-6-3-14(4-7-18)13-31-9-1-2-16-10-15(5-8-19(16)31)17(11-29)12-30/h3-8,10-12,29,32H,1-2,9,13,30H2/b17-12+,29-11?. The van der Waals surface area contributed by atoms with E-state index in [0.29, 0.717) is 29.8 Å². The van der Waals surface area contributed by atoms with E-state index in [1.54, 1.807) is 6.07 Å². The molecule has 0 fully saturated rings. The Morgan fingerprint density at radius 3 is 2.19 bits per heavy atom. The van der Waals surface area contributed by atoms with E-state index in [0.717, 1.165) is 48.0 Å². The maximum atomic E-state index is 13.1. The quantitative estimate of drug-likeness (QED) is 0.442. The third kappa shape index (κ3) is 4.19. The van der Waals surface area contributed by atoms with Crippen LogP contribution < -0.4 is 10.6 Å². The van der Waals surface area contributed by atoms with Gasteiger partial charge in [0.25, 0.3) is 5.60 Å². The smallest absolute Gasteiger partial charge is 0.404 e. The number of aryl methyl sites for hydroxylation is 1. The number of aliphatic hydroxyl groups is 1. The van der Waals surface area contributed by atoms with E-state index < -0.39 is 23.5 Å². The average molecular weight is 457 g/mol. The summed E-state index contributed by atoms with van der Waals surface area (Å²) in [6.45, 7) is 0.931. The molecule has 172 valence electrons. The van der Waals surface area contributed by atoms with Crippen molar-refractivity contribution in [2.45, 2.75) is 37.3 Å². The first kappa shape index (κ1) is 23.6. The number of nitrogens with one attached hydrogen (secondary N) is 1. The van der Waals surface area contributed by atoms with Gasteiger partial charge >= 0.3 is 12.4 Å². The Labute approximate surface area is 180 Å². The SMILES string of the molecule is N=C/C(=C\N)c1ccc2c(c1)CCCN2Cc1ccc(C(O)(C(F)(F)F)C(F)(F)F)cc1. The molecule has 32 heavy (non-hydrogen) atoms. The second-order valence-corrected chi connectivity index (χ2v) is 7.54. The molecule has 0 unspecified atom stereocenters. The monoisotopic (exact) mass is 457 g/mol. The number of nitrogens with zero attached hydrogens (tertiary/aromatic N) is 1. The van der Waals surface area contributed by atoms with Gasteiger partial charge in [-0.05, 0) is 41.7 Å². The molecule has 4 N–H and O–H groups in total. The lowest BCUT2D eigenvalue weighted by atomic mass is 9.91. The molecule has 0 saturated heterocycles. The predicted octanol–water partition coefficient (Wildman–Crippen LogP) is 4.90. The minimum atomic E-state index is -5.91. The van der Waals surface area contributed by atoms with Gasteiger partial charge in [-0.3, -0.25) is 0 Å². The Hall–Kier alpha value is -3.01. The molecule has 0 saturated carbocycles. The van der Waals surface area contributed by atoms with Crippen LogP contribution in [0, 0.1) is 5.41 Å². The maximum absolute atomic E-state index is 13.1. The molecule has 1 aliphatic heterocycles. The maximum Gasteiger partial charge on any atom is 0.430 e. The minimum absolute atomic E-state index is 0.271. The van der Waals surface area contributed by atoms with Crippen LogP contribution in [-0.2, 0) is 18.6 Å². The molecule has 1 aliphatic rings. The number of halogens is 6. The van der Waals surface area contributed by atoms with Gasteiger partial charge in [-0.2, -0.15) is 26.3 Å². The lowest BCUT2D eigenvalue weighted by Crippen LogP contribution is -2.53. The summed E-state index contributed by atoms with van der Waals surface area (Å²) in [4.78, 5) is 1.98. The molecular formula is C22H21F6N3O. The van der Waals surface area contributed by atoms with Crippen molar-refractivity contribution >= 4 is 17.5 Å². The number of benzene rings is 2. The van der Waals surface area contributed by atoms with Crippen LogP contribution in [0.4, 0.5) is 32.0 Å². The molecule has 3 rings (SSSR count). The zero-order valence-corrected chi connectivity index (χ0v) is 16.8. The van der Waals surface area contributed by atoms with E-state index in [4.69, 9.17) is 11.1 Å². The first-order chi connectivity index (χ1) is 14.9. The number of alkyl halides is 6. The summed E-state index contributed by atoms with van der Waals surface area (Å²) in [5.41, 5.74) is 3.07. The Kier molecular flexibility index (Phi) is 6.28. The number of hydrogen-bond donors (Lipinski definition) is 3. The Bertz CT molecular complexity index is 998. The van der Waals surface area contributed by atoms with Crippen molar-refractivity contribution < 1.29 is 31.4 Å². The van der Waals surface area contributed by atoms with Gasteiger partial charge in [-0.15, -0.1) is 0 Å². The minimum Gasteiger partial charge on any atom is -0.404 e. The number of anilines is 1. The molecular weight excluding hydrogens is 436 g/mol. The number of fused-ring (bicyclic) bond motifs is 1. The molecule has 0 bridgehead atoms. The van der Waals surface area contributed by atoms with Gasteiger partial charge in [-0.1, -0.05) is 30.3 Å². The average Bonchev–Trinajstić information content (AvgIpc) is 2.73. The fourth-order valence-electron chi connectivity index (χ4n) is 3.81. The highest BCUT2D eigenvalue weighted by Crippen LogP contribution is 2.50. The van der Waals surface area contributed by atoms with Crippen molar-refractivity contribution in [1.82, 2.24) is 0 Å². The highest BCUT2D eigenvalue weighted by molar-refractivity contribution is 6.08. The molecule has 4 nitrogen and oxygen atoms in total. The highest BCUT2D eigenvalue weighted by atomic mass is 19.4. The second kappa shape index (κ2) is 8.50. The number of rotatable bonds is 5. The normalized spacial score (nSPS) is 15.5. The molecule has 2 aromatic rings. The molecule has 0 radical (unpaired) electrons. The van der Waals surface area contributed by atoms with E-state index in [-0.39, 0.29) is 6.54 Å². The van der Waals surface area contributed by atoms with Gasteiger partial charge in [0, 0.05) is 42.3 Å². The highest BCUT2D eigenvalue weighted by Gasteiger charge is 2.71. The number of nitrogens with two attached hydrogens (primary N) is 1. The molecule has 0 spiro atoms. The van der Waals surface area contributed by atoms with Gasteiger partial charge in [0.2, 0.25) is 0 Å². The molecule has 0 aliphatic carbocycles. The van der Waals surface area contributed by atoms with E-state index in [2.05, 4.69) is 0 Å². The van der Waals surface area contributed by atoms with Crippen LogP contribution in [0.15, 0.2) is 48.7 Å². The summed E-state index contributed by atoms with van der Waals surface area (Å²) >= 11 is 0. The van der Waals surface area contributed by atoms with Gasteiger partial charge in [0.1, 0.15) is 0 Å². The van der Waals surface area contributed by atoms with Crippen LogP contribution in [0.2, 0.25) is 0 Å². The number of hydrogen-bond acceptors (Lipinski definition) is 4. The first-order valence-corrected chi connectivity index (χ1v) is 9.68. The van der Waals surface area contributed by atoms with Crippen molar-refractivity contribution in [1.29, 1.82) is 5.41 Å². The first-order valence-electron chi connectivity index (χ1n) is 9.68. The van der Waals surface area contributed by atoms with Crippen molar-refractivity contribution in [3.63, 3.8) is 0 Å². The van der Waals surface area contributed by atoms with Crippen LogP contribution in [0.1, 0.15) is 28.7 Å². The summed E-state index contributed by atoms with van der Waals surface area (Å²) in [6.07, 6.45) is -7.75. The fraction of sp³-hybridized carbons (Fsp3) is 0.318.